The Hall–Kier alpha value is -1.55. The summed E-state index contributed by atoms with van der Waals surface area (Å²) in [6, 6.07) is 6.22. The molecule has 0 spiro atoms. The van der Waals surface area contributed by atoms with Crippen molar-refractivity contribution in [2.45, 2.75) is 52.6 Å². The molecule has 0 aliphatic carbocycles. The minimum Gasteiger partial charge on any atom is -0.478 e. The maximum Gasteiger partial charge on any atom is 0.268 e. The molecule has 0 fully saturated rings. The molecule has 1 aliphatic heterocycles. The lowest BCUT2D eigenvalue weighted by atomic mass is 10.0. The zero-order chi connectivity index (χ0) is 16.1. The normalized spacial score (nSPS) is 17.6. The van der Waals surface area contributed by atoms with E-state index in [0.717, 1.165) is 50.2 Å². The van der Waals surface area contributed by atoms with Gasteiger partial charge in [0.05, 0.1) is 5.69 Å². The van der Waals surface area contributed by atoms with Gasteiger partial charge in [0.25, 0.3) is 5.91 Å². The summed E-state index contributed by atoms with van der Waals surface area (Å²) >= 11 is 0. The molecular weight excluding hydrogens is 276 g/mol. The van der Waals surface area contributed by atoms with E-state index in [2.05, 4.69) is 19.1 Å². The van der Waals surface area contributed by atoms with Crippen LogP contribution in [0, 0.1) is 5.92 Å². The smallest absolute Gasteiger partial charge is 0.268 e. The lowest BCUT2D eigenvalue weighted by molar-refractivity contribution is -0.128. The van der Waals surface area contributed by atoms with Gasteiger partial charge in [-0.2, -0.15) is 0 Å². The summed E-state index contributed by atoms with van der Waals surface area (Å²) in [5.41, 5.74) is 7.72. The van der Waals surface area contributed by atoms with Gasteiger partial charge in [-0.05, 0) is 55.8 Å². The SMILES string of the molecule is CCCN1C(=O)C(C(C)C)Oc2ccc(CCCCN)cc21. The molecule has 22 heavy (non-hydrogen) atoms. The minimum absolute atomic E-state index is 0.0865. The van der Waals surface area contributed by atoms with E-state index >= 15 is 0 Å². The lowest BCUT2D eigenvalue weighted by Crippen LogP contribution is -2.48. The van der Waals surface area contributed by atoms with Crippen LogP contribution in [0.15, 0.2) is 18.2 Å². The van der Waals surface area contributed by atoms with Crippen LogP contribution in [0.4, 0.5) is 5.69 Å². The number of benzene rings is 1. The Morgan fingerprint density at radius 3 is 2.73 bits per heavy atom. The van der Waals surface area contributed by atoms with Gasteiger partial charge in [0.2, 0.25) is 0 Å². The van der Waals surface area contributed by atoms with E-state index < -0.39 is 0 Å². The fourth-order valence-electron chi connectivity index (χ4n) is 2.84. The largest absolute Gasteiger partial charge is 0.478 e. The Labute approximate surface area is 133 Å². The van der Waals surface area contributed by atoms with E-state index in [-0.39, 0.29) is 17.9 Å². The molecule has 2 N–H and O–H groups in total. The molecular formula is C18H28N2O2. The van der Waals surface area contributed by atoms with E-state index in [1.165, 1.54) is 5.56 Å². The van der Waals surface area contributed by atoms with Gasteiger partial charge in [-0.15, -0.1) is 0 Å². The van der Waals surface area contributed by atoms with Crippen molar-refractivity contribution in [2.75, 3.05) is 18.0 Å². The number of nitrogens with zero attached hydrogens (tertiary/aromatic N) is 1. The number of amides is 1. The quantitative estimate of drug-likeness (QED) is 0.787. The molecule has 2 rings (SSSR count). The molecule has 1 unspecified atom stereocenters. The fourth-order valence-corrected chi connectivity index (χ4v) is 2.84. The topological polar surface area (TPSA) is 55.6 Å². The third kappa shape index (κ3) is 3.61. The molecule has 1 aromatic rings. The predicted octanol–water partition coefficient (Wildman–Crippen LogP) is 3.13. The van der Waals surface area contributed by atoms with Crippen molar-refractivity contribution in [3.05, 3.63) is 23.8 Å². The molecule has 4 nitrogen and oxygen atoms in total. The number of fused-ring (bicyclic) bond motifs is 1. The maximum absolute atomic E-state index is 12.7. The second kappa shape index (κ2) is 7.63. The first kappa shape index (κ1) is 16.8. The van der Waals surface area contributed by atoms with Gasteiger partial charge in [0.1, 0.15) is 5.75 Å². The van der Waals surface area contributed by atoms with Gasteiger partial charge in [-0.25, -0.2) is 0 Å². The zero-order valence-electron chi connectivity index (χ0n) is 14.0. The van der Waals surface area contributed by atoms with E-state index in [1.54, 1.807) is 0 Å². The average molecular weight is 304 g/mol. The van der Waals surface area contributed by atoms with E-state index in [4.69, 9.17) is 10.5 Å². The first-order valence-electron chi connectivity index (χ1n) is 8.39. The molecule has 1 amide bonds. The fraction of sp³-hybridized carbons (Fsp3) is 0.611. The van der Waals surface area contributed by atoms with E-state index in [0.29, 0.717) is 0 Å². The molecule has 0 aromatic heterocycles. The Balaban J connectivity index is 2.27. The third-order valence-electron chi connectivity index (χ3n) is 4.05. The first-order valence-corrected chi connectivity index (χ1v) is 8.39. The Morgan fingerprint density at radius 1 is 1.32 bits per heavy atom. The van der Waals surface area contributed by atoms with E-state index in [1.807, 2.05) is 24.8 Å². The zero-order valence-corrected chi connectivity index (χ0v) is 14.0. The number of aryl methyl sites for hydroxylation is 1. The van der Waals surface area contributed by atoms with Crippen molar-refractivity contribution in [3.8, 4) is 5.75 Å². The van der Waals surface area contributed by atoms with Gasteiger partial charge in [-0.3, -0.25) is 4.79 Å². The van der Waals surface area contributed by atoms with Crippen LogP contribution in [0.25, 0.3) is 0 Å². The highest BCUT2D eigenvalue weighted by atomic mass is 16.5. The molecule has 1 aliphatic rings. The second-order valence-electron chi connectivity index (χ2n) is 6.32. The number of carbonyl (C=O) groups excluding carboxylic acids is 1. The number of hydrogen-bond acceptors (Lipinski definition) is 3. The second-order valence-corrected chi connectivity index (χ2v) is 6.32. The van der Waals surface area contributed by atoms with Crippen molar-refractivity contribution in [1.82, 2.24) is 0 Å². The van der Waals surface area contributed by atoms with Crippen LogP contribution < -0.4 is 15.4 Å². The standard InChI is InChI=1S/C18H28N2O2/c1-4-11-20-15-12-14(7-5-6-10-19)8-9-16(15)22-17(13(2)3)18(20)21/h8-9,12-13,17H,4-7,10-11,19H2,1-3H3. The van der Waals surface area contributed by atoms with Crippen LogP contribution in [0.5, 0.6) is 5.75 Å². The summed E-state index contributed by atoms with van der Waals surface area (Å²) in [6.07, 6.45) is 3.66. The molecule has 0 radical (unpaired) electrons. The molecule has 122 valence electrons. The van der Waals surface area contributed by atoms with Crippen molar-refractivity contribution < 1.29 is 9.53 Å². The number of ether oxygens (including phenoxy) is 1. The highest BCUT2D eigenvalue weighted by Gasteiger charge is 2.35. The maximum atomic E-state index is 12.7. The average Bonchev–Trinajstić information content (AvgIpc) is 2.50. The lowest BCUT2D eigenvalue weighted by Gasteiger charge is -2.36. The van der Waals surface area contributed by atoms with Crippen LogP contribution in [0.2, 0.25) is 0 Å². The molecule has 4 heteroatoms. The van der Waals surface area contributed by atoms with Crippen LogP contribution in [-0.4, -0.2) is 25.1 Å². The number of hydrogen-bond donors (Lipinski definition) is 1. The van der Waals surface area contributed by atoms with Crippen LogP contribution >= 0.6 is 0 Å². The summed E-state index contributed by atoms with van der Waals surface area (Å²) in [5.74, 6) is 1.09. The van der Waals surface area contributed by atoms with Crippen molar-refractivity contribution in [1.29, 1.82) is 0 Å². The number of rotatable bonds is 7. The first-order chi connectivity index (χ1) is 10.6. The van der Waals surface area contributed by atoms with Crippen molar-refractivity contribution >= 4 is 11.6 Å². The number of nitrogens with two attached hydrogens (primary N) is 1. The third-order valence-corrected chi connectivity index (χ3v) is 4.05. The van der Waals surface area contributed by atoms with Gasteiger partial charge in [-0.1, -0.05) is 26.8 Å². The van der Waals surface area contributed by atoms with Crippen molar-refractivity contribution in [3.63, 3.8) is 0 Å². The van der Waals surface area contributed by atoms with Gasteiger partial charge in [0, 0.05) is 6.54 Å². The van der Waals surface area contributed by atoms with Gasteiger partial charge >= 0.3 is 0 Å². The van der Waals surface area contributed by atoms with Crippen molar-refractivity contribution in [2.24, 2.45) is 11.7 Å². The highest BCUT2D eigenvalue weighted by Crippen LogP contribution is 2.36. The highest BCUT2D eigenvalue weighted by molar-refractivity contribution is 6.00. The number of anilines is 1. The molecule has 1 heterocycles. The Bertz CT molecular complexity index is 514. The Morgan fingerprint density at radius 2 is 2.09 bits per heavy atom. The summed E-state index contributed by atoms with van der Waals surface area (Å²) in [5, 5.41) is 0. The van der Waals surface area contributed by atoms with Gasteiger partial charge in [0.15, 0.2) is 6.10 Å². The van der Waals surface area contributed by atoms with Crippen LogP contribution in [0.1, 0.15) is 45.6 Å². The van der Waals surface area contributed by atoms with E-state index in [9.17, 15) is 4.79 Å². The molecule has 0 saturated heterocycles. The molecule has 0 saturated carbocycles. The van der Waals surface area contributed by atoms with Crippen LogP contribution in [-0.2, 0) is 11.2 Å². The molecule has 1 aromatic carbocycles. The van der Waals surface area contributed by atoms with Crippen LogP contribution in [0.3, 0.4) is 0 Å². The summed E-state index contributed by atoms with van der Waals surface area (Å²) < 4.78 is 5.95. The minimum atomic E-state index is -0.373. The molecule has 1 atom stereocenters. The number of carbonyl (C=O) groups is 1. The number of unbranched alkanes of at least 4 members (excludes halogenated alkanes) is 1. The van der Waals surface area contributed by atoms with Gasteiger partial charge < -0.3 is 15.4 Å². The predicted molar refractivity (Wildman–Crippen MR) is 90.3 cm³/mol. The summed E-state index contributed by atoms with van der Waals surface area (Å²) in [7, 11) is 0. The Kier molecular flexibility index (Phi) is 5.83. The summed E-state index contributed by atoms with van der Waals surface area (Å²) in [6.45, 7) is 7.62. The molecule has 0 bridgehead atoms. The monoisotopic (exact) mass is 304 g/mol. The summed E-state index contributed by atoms with van der Waals surface area (Å²) in [4.78, 5) is 14.6.